The van der Waals surface area contributed by atoms with E-state index in [0.29, 0.717) is 30.8 Å². The van der Waals surface area contributed by atoms with E-state index in [9.17, 15) is 27.6 Å². The number of nitrogens with one attached hydrogen (secondary N) is 2. The maximum absolute atomic E-state index is 14.2. The number of fused-ring (bicyclic) bond motifs is 3. The van der Waals surface area contributed by atoms with Crippen molar-refractivity contribution in [3.05, 3.63) is 82.4 Å². The van der Waals surface area contributed by atoms with Gasteiger partial charge in [-0.05, 0) is 67.7 Å². The van der Waals surface area contributed by atoms with Crippen molar-refractivity contribution in [2.24, 2.45) is 11.7 Å². The lowest BCUT2D eigenvalue weighted by Gasteiger charge is -2.28. The number of rotatable bonds is 6. The molecule has 2 saturated carbocycles. The number of carbonyl (C=O) groups is 4. The monoisotopic (exact) mass is 773 g/mol. The average Bonchev–Trinajstić information content (AvgIpc) is 3.92. The zero-order valence-corrected chi connectivity index (χ0v) is 31.2. The molecule has 2 aromatic carbocycles. The van der Waals surface area contributed by atoms with Crippen LogP contribution >= 0.6 is 24.0 Å². The first-order chi connectivity index (χ1) is 24.4. The molecule has 0 unspecified atom stereocenters. The van der Waals surface area contributed by atoms with Crippen LogP contribution in [0, 0.1) is 5.92 Å². The molecule has 3 fully saturated rings. The predicted octanol–water partition coefficient (Wildman–Crippen LogP) is 4.13. The van der Waals surface area contributed by atoms with E-state index in [1.54, 1.807) is 6.07 Å². The predicted molar refractivity (Wildman–Crippen MR) is 197 cm³/mol. The lowest BCUT2D eigenvalue weighted by Crippen LogP contribution is -2.58. The van der Waals surface area contributed by atoms with Crippen LogP contribution in [-0.2, 0) is 48.7 Å². The maximum Gasteiger partial charge on any atom is 0.410 e. The maximum atomic E-state index is 14.2. The van der Waals surface area contributed by atoms with Crippen LogP contribution in [0.15, 0.2) is 60.7 Å². The molecule has 4 amide bonds. The summed E-state index contributed by atoms with van der Waals surface area (Å²) in [6.07, 6.45) is 7.33. The Hall–Kier alpha value is -3.65. The third kappa shape index (κ3) is 7.55. The lowest BCUT2D eigenvalue weighted by atomic mass is 10.1. The van der Waals surface area contributed by atoms with Crippen LogP contribution < -0.4 is 15.8 Å². The standard InChI is InChI=1S/C37H44ClN5O7S.ClH/c38-29-14-9-12-25-21-42(23-28(25)29)35(47)50-27-18-31-32(44)40-37(20-26(37)13-7-2-1-3-8-15-30(39)33(45)43(31)22-27)34(46)41-51(48,49)36(16-17-36)19-24-10-5-4-6-11-24;/h4-7,9-14,26-27,30-31H,1-3,8,15-23,39H2,(H,40,44)(H,41,46);1H/b13-7-;/t26-,27-,30+,31+,37-;/m1./s1. The second-order valence-electron chi connectivity index (χ2n) is 14.7. The Morgan fingerprint density at radius 1 is 1.04 bits per heavy atom. The fourth-order valence-electron chi connectivity index (χ4n) is 7.76. The van der Waals surface area contributed by atoms with Gasteiger partial charge in [-0.3, -0.25) is 24.0 Å². The Balaban J connectivity index is 0.00000464. The van der Waals surface area contributed by atoms with Gasteiger partial charge in [-0.2, -0.15) is 0 Å². The van der Waals surface area contributed by atoms with Crippen molar-refractivity contribution >= 4 is 57.8 Å². The van der Waals surface area contributed by atoms with E-state index in [2.05, 4.69) is 10.0 Å². The minimum Gasteiger partial charge on any atom is -0.444 e. The molecule has 0 bridgehead atoms. The van der Waals surface area contributed by atoms with Crippen molar-refractivity contribution in [1.29, 1.82) is 0 Å². The van der Waals surface area contributed by atoms with Gasteiger partial charge in [0.2, 0.25) is 21.8 Å². The molecule has 52 heavy (non-hydrogen) atoms. The number of hydrogen-bond donors (Lipinski definition) is 3. The van der Waals surface area contributed by atoms with E-state index in [1.165, 1.54) is 9.80 Å². The van der Waals surface area contributed by atoms with Gasteiger partial charge in [-0.15, -0.1) is 12.4 Å². The number of sulfonamides is 1. The number of benzene rings is 2. The van der Waals surface area contributed by atoms with Crippen LogP contribution in [0.1, 0.15) is 74.5 Å². The van der Waals surface area contributed by atoms with Crippen molar-refractivity contribution in [2.75, 3.05) is 6.54 Å². The quantitative estimate of drug-likeness (QED) is 0.369. The van der Waals surface area contributed by atoms with E-state index in [4.69, 9.17) is 22.1 Å². The number of amides is 4. The smallest absolute Gasteiger partial charge is 0.410 e. The Morgan fingerprint density at radius 3 is 2.54 bits per heavy atom. The number of nitrogens with two attached hydrogens (primary N) is 1. The van der Waals surface area contributed by atoms with Gasteiger partial charge in [0.1, 0.15) is 17.7 Å². The highest BCUT2D eigenvalue weighted by Gasteiger charge is 2.63. The summed E-state index contributed by atoms with van der Waals surface area (Å²) in [5.74, 6) is -2.29. The number of nitrogens with zero attached hydrogens (tertiary/aromatic N) is 2. The molecule has 4 N–H and O–H groups in total. The third-order valence-corrected chi connectivity index (χ3v) is 13.6. The van der Waals surface area contributed by atoms with Crippen LogP contribution in [0.25, 0.3) is 0 Å². The van der Waals surface area contributed by atoms with Gasteiger partial charge in [-0.25, -0.2) is 13.2 Å². The Kier molecular flexibility index (Phi) is 11.0. The van der Waals surface area contributed by atoms with E-state index in [-0.39, 0.29) is 44.8 Å². The molecule has 2 aliphatic carbocycles. The summed E-state index contributed by atoms with van der Waals surface area (Å²) in [6.45, 7) is 0.553. The third-order valence-electron chi connectivity index (χ3n) is 11.1. The highest BCUT2D eigenvalue weighted by Crippen LogP contribution is 2.49. The molecule has 0 radical (unpaired) electrons. The fourth-order valence-corrected chi connectivity index (χ4v) is 9.65. The van der Waals surface area contributed by atoms with E-state index in [0.717, 1.165) is 42.4 Å². The average molecular weight is 775 g/mol. The van der Waals surface area contributed by atoms with Crippen molar-refractivity contribution in [2.45, 2.75) is 106 Å². The van der Waals surface area contributed by atoms with E-state index < -0.39 is 68.2 Å². The molecule has 3 heterocycles. The summed E-state index contributed by atoms with van der Waals surface area (Å²) < 4.78 is 34.6. The van der Waals surface area contributed by atoms with Gasteiger partial charge in [0.25, 0.3) is 5.91 Å². The molecule has 280 valence electrons. The summed E-state index contributed by atoms with van der Waals surface area (Å²) in [5.41, 5.74) is 7.47. The van der Waals surface area contributed by atoms with Gasteiger partial charge in [0, 0.05) is 23.9 Å². The van der Waals surface area contributed by atoms with Crippen LogP contribution in [0.5, 0.6) is 0 Å². The second-order valence-corrected chi connectivity index (χ2v) is 17.2. The molecular formula is C37H45Cl2N5O7S. The molecule has 15 heteroatoms. The highest BCUT2D eigenvalue weighted by molar-refractivity contribution is 7.91. The van der Waals surface area contributed by atoms with Crippen LogP contribution in [0.2, 0.25) is 5.02 Å². The number of halogens is 2. The van der Waals surface area contributed by atoms with Gasteiger partial charge in [0.05, 0.1) is 23.9 Å². The van der Waals surface area contributed by atoms with Gasteiger partial charge < -0.3 is 20.7 Å². The molecule has 5 aliphatic rings. The van der Waals surface area contributed by atoms with Crippen LogP contribution in [-0.4, -0.2) is 77.1 Å². The number of hydrogen-bond acceptors (Lipinski definition) is 8. The molecule has 0 spiro atoms. The van der Waals surface area contributed by atoms with Gasteiger partial charge >= 0.3 is 6.09 Å². The van der Waals surface area contributed by atoms with Crippen molar-refractivity contribution < 1.29 is 32.3 Å². The molecule has 1 saturated heterocycles. The normalized spacial score (nSPS) is 28.8. The summed E-state index contributed by atoms with van der Waals surface area (Å²) >= 11 is 6.35. The minimum absolute atomic E-state index is 0. The zero-order valence-electron chi connectivity index (χ0n) is 28.8. The number of carbonyl (C=O) groups excluding carboxylic acids is 4. The molecule has 12 nitrogen and oxygen atoms in total. The first kappa shape index (κ1) is 38.1. The first-order valence-corrected chi connectivity index (χ1v) is 19.6. The largest absolute Gasteiger partial charge is 0.444 e. The topological polar surface area (TPSA) is 168 Å². The Labute approximate surface area is 315 Å². The SMILES string of the molecule is Cl.N[C@H]1CCCCC/C=C\[C@@H]2C[C@@]2(C(=O)NS(=O)(=O)C2(Cc3ccccc3)CC2)NC(=O)[C@@H]2C[C@@H](OC(=O)N3Cc4cccc(Cl)c4C3)CN2C1=O. The summed E-state index contributed by atoms with van der Waals surface area (Å²) in [7, 11) is -4.10. The van der Waals surface area contributed by atoms with Crippen molar-refractivity contribution in [1.82, 2.24) is 19.8 Å². The Bertz CT molecular complexity index is 1860. The second kappa shape index (κ2) is 15.0. The van der Waals surface area contributed by atoms with Gasteiger partial charge in [-0.1, -0.05) is 79.1 Å². The van der Waals surface area contributed by atoms with E-state index in [1.807, 2.05) is 54.6 Å². The molecule has 3 aliphatic heterocycles. The molecule has 5 atom stereocenters. The summed E-state index contributed by atoms with van der Waals surface area (Å²) in [6, 6.07) is 12.8. The Morgan fingerprint density at radius 2 is 1.81 bits per heavy atom. The highest BCUT2D eigenvalue weighted by atomic mass is 35.5. The molecule has 7 rings (SSSR count). The fraction of sp³-hybridized carbons (Fsp3) is 0.514. The molecule has 0 aromatic heterocycles. The van der Waals surface area contributed by atoms with E-state index >= 15 is 0 Å². The minimum atomic E-state index is -4.10. The molecular weight excluding hydrogens is 729 g/mol. The van der Waals surface area contributed by atoms with Crippen LogP contribution in [0.3, 0.4) is 0 Å². The van der Waals surface area contributed by atoms with Crippen molar-refractivity contribution in [3.63, 3.8) is 0 Å². The lowest BCUT2D eigenvalue weighted by molar-refractivity contribution is -0.140. The number of allylic oxidation sites excluding steroid dienone is 1. The number of ether oxygens (including phenoxy) is 1. The van der Waals surface area contributed by atoms with Crippen LogP contribution in [0.4, 0.5) is 4.79 Å². The summed E-state index contributed by atoms with van der Waals surface area (Å²) in [4.78, 5) is 58.1. The zero-order chi connectivity index (χ0) is 36.0. The molecule has 2 aromatic rings. The summed E-state index contributed by atoms with van der Waals surface area (Å²) in [5, 5.41) is 3.43. The van der Waals surface area contributed by atoms with Crippen molar-refractivity contribution in [3.8, 4) is 0 Å². The first-order valence-electron chi connectivity index (χ1n) is 17.8. The van der Waals surface area contributed by atoms with Gasteiger partial charge in [0.15, 0.2) is 0 Å².